The molecule has 4 rings (SSSR count). The van der Waals surface area contributed by atoms with Crippen LogP contribution in [0.4, 0.5) is 19.0 Å². The first kappa shape index (κ1) is 19.9. The molecular weight excluding hydrogens is 401 g/mol. The van der Waals surface area contributed by atoms with Crippen molar-refractivity contribution in [1.82, 2.24) is 14.5 Å². The van der Waals surface area contributed by atoms with Crippen LogP contribution in [0.25, 0.3) is 16.7 Å². The van der Waals surface area contributed by atoms with E-state index in [1.807, 2.05) is 7.05 Å². The maximum atomic E-state index is 14.8. The minimum absolute atomic E-state index is 0.0191. The smallest absolute Gasteiger partial charge is 0.341 e. The molecular formula is C20H17F3N4O3. The highest BCUT2D eigenvalue weighted by atomic mass is 19.1. The van der Waals surface area contributed by atoms with E-state index >= 15 is 0 Å². The third-order valence-corrected chi connectivity index (χ3v) is 5.12. The van der Waals surface area contributed by atoms with Gasteiger partial charge < -0.3 is 14.9 Å². The number of anilines is 1. The lowest BCUT2D eigenvalue weighted by Gasteiger charge is -2.33. The summed E-state index contributed by atoms with van der Waals surface area (Å²) in [5, 5.41) is 9.06. The van der Waals surface area contributed by atoms with E-state index < -0.39 is 34.4 Å². The van der Waals surface area contributed by atoms with Gasteiger partial charge in [-0.25, -0.2) is 22.9 Å². The summed E-state index contributed by atoms with van der Waals surface area (Å²) in [5.74, 6) is -4.16. The van der Waals surface area contributed by atoms with Gasteiger partial charge in [0.25, 0.3) is 0 Å². The molecule has 156 valence electrons. The SMILES string of the molecule is CN1CCN(c2nc3c(cc2F)c(=O)c(C(=O)O)cn3-c2ccc(F)cc2F)CC1. The Morgan fingerprint density at radius 1 is 1.07 bits per heavy atom. The highest BCUT2D eigenvalue weighted by Gasteiger charge is 2.24. The highest BCUT2D eigenvalue weighted by molar-refractivity contribution is 5.92. The molecule has 1 N–H and O–H groups in total. The molecule has 2 aromatic heterocycles. The second-order valence-corrected chi connectivity index (χ2v) is 7.10. The van der Waals surface area contributed by atoms with E-state index in [1.165, 1.54) is 0 Å². The summed E-state index contributed by atoms with van der Waals surface area (Å²) >= 11 is 0. The molecule has 1 fully saturated rings. The number of aromatic carboxylic acids is 1. The number of fused-ring (bicyclic) bond motifs is 1. The molecule has 0 bridgehead atoms. The van der Waals surface area contributed by atoms with Gasteiger partial charge in [0, 0.05) is 38.4 Å². The number of hydrogen-bond donors (Lipinski definition) is 1. The molecule has 1 aliphatic heterocycles. The van der Waals surface area contributed by atoms with Crippen molar-refractivity contribution in [1.29, 1.82) is 0 Å². The largest absolute Gasteiger partial charge is 0.477 e. The van der Waals surface area contributed by atoms with Crippen molar-refractivity contribution in [2.45, 2.75) is 0 Å². The molecule has 10 heteroatoms. The second-order valence-electron chi connectivity index (χ2n) is 7.10. The van der Waals surface area contributed by atoms with Crippen molar-refractivity contribution in [2.24, 2.45) is 0 Å². The molecule has 0 unspecified atom stereocenters. The van der Waals surface area contributed by atoms with Crippen molar-refractivity contribution in [3.63, 3.8) is 0 Å². The Kier molecular flexibility index (Phi) is 4.94. The van der Waals surface area contributed by atoms with Crippen molar-refractivity contribution in [2.75, 3.05) is 38.1 Å². The van der Waals surface area contributed by atoms with Gasteiger partial charge in [0.15, 0.2) is 17.3 Å². The summed E-state index contributed by atoms with van der Waals surface area (Å²) in [4.78, 5) is 32.2. The van der Waals surface area contributed by atoms with E-state index in [4.69, 9.17) is 0 Å². The van der Waals surface area contributed by atoms with Crippen LogP contribution in [-0.2, 0) is 0 Å². The topological polar surface area (TPSA) is 78.7 Å². The van der Waals surface area contributed by atoms with Crippen LogP contribution in [0.15, 0.2) is 35.3 Å². The third kappa shape index (κ3) is 3.39. The standard InChI is InChI=1S/C20H17F3N4O3/c1-25-4-6-26(7-5-25)19-15(23)9-12-17(28)13(20(29)30)10-27(18(12)24-19)16-3-2-11(21)8-14(16)22/h2-3,8-10H,4-7H2,1H3,(H,29,30). The lowest BCUT2D eigenvalue weighted by molar-refractivity contribution is 0.0695. The molecule has 0 radical (unpaired) electrons. The van der Waals surface area contributed by atoms with Crippen LogP contribution in [0.3, 0.4) is 0 Å². The number of piperazine rings is 1. The van der Waals surface area contributed by atoms with Crippen LogP contribution in [0.1, 0.15) is 10.4 Å². The van der Waals surface area contributed by atoms with Gasteiger partial charge in [0.1, 0.15) is 17.2 Å². The Balaban J connectivity index is 2.01. The highest BCUT2D eigenvalue weighted by Crippen LogP contribution is 2.25. The predicted molar refractivity (Wildman–Crippen MR) is 104 cm³/mol. The van der Waals surface area contributed by atoms with E-state index in [0.29, 0.717) is 32.2 Å². The first-order valence-corrected chi connectivity index (χ1v) is 9.14. The molecule has 3 heterocycles. The summed E-state index contributed by atoms with van der Waals surface area (Å²) < 4.78 is 43.7. The van der Waals surface area contributed by atoms with Crippen LogP contribution < -0.4 is 10.3 Å². The Labute approximate surface area is 168 Å². The molecule has 1 saturated heterocycles. The van der Waals surface area contributed by atoms with Crippen molar-refractivity contribution in [3.05, 3.63) is 63.7 Å². The van der Waals surface area contributed by atoms with Crippen LogP contribution in [0.5, 0.6) is 0 Å². The molecule has 0 spiro atoms. The Morgan fingerprint density at radius 3 is 2.40 bits per heavy atom. The number of pyridine rings is 2. The van der Waals surface area contributed by atoms with Crippen LogP contribution in [-0.4, -0.2) is 58.8 Å². The molecule has 3 aromatic rings. The van der Waals surface area contributed by atoms with Gasteiger partial charge in [0.2, 0.25) is 5.43 Å². The van der Waals surface area contributed by atoms with Crippen molar-refractivity contribution < 1.29 is 23.1 Å². The Hall–Kier alpha value is -3.40. The molecule has 0 amide bonds. The maximum Gasteiger partial charge on any atom is 0.341 e. The summed E-state index contributed by atoms with van der Waals surface area (Å²) in [6.07, 6.45) is 0.919. The molecule has 7 nitrogen and oxygen atoms in total. The zero-order chi connectivity index (χ0) is 21.6. The number of carboxylic acids is 1. The minimum Gasteiger partial charge on any atom is -0.477 e. The molecule has 0 saturated carbocycles. The first-order valence-electron chi connectivity index (χ1n) is 9.14. The molecule has 0 atom stereocenters. The number of carboxylic acid groups (broad SMARTS) is 1. The van der Waals surface area contributed by atoms with Crippen molar-refractivity contribution in [3.8, 4) is 5.69 Å². The van der Waals surface area contributed by atoms with Gasteiger partial charge in [-0.05, 0) is 25.2 Å². The van der Waals surface area contributed by atoms with E-state index in [-0.39, 0.29) is 22.5 Å². The molecule has 30 heavy (non-hydrogen) atoms. The normalized spacial score (nSPS) is 15.0. The van der Waals surface area contributed by atoms with Crippen LogP contribution in [0, 0.1) is 17.5 Å². The maximum absolute atomic E-state index is 14.8. The number of benzene rings is 1. The predicted octanol–water partition coefficient (Wildman–Crippen LogP) is 2.25. The number of carbonyl (C=O) groups is 1. The zero-order valence-electron chi connectivity index (χ0n) is 15.9. The first-order chi connectivity index (χ1) is 14.3. The number of halogens is 3. The lowest BCUT2D eigenvalue weighted by Crippen LogP contribution is -2.45. The third-order valence-electron chi connectivity index (χ3n) is 5.12. The lowest BCUT2D eigenvalue weighted by atomic mass is 10.1. The summed E-state index contributed by atoms with van der Waals surface area (Å²) in [6, 6.07) is 3.64. The quantitative estimate of drug-likeness (QED) is 0.703. The fraction of sp³-hybridized carbons (Fsp3) is 0.250. The Morgan fingerprint density at radius 2 is 1.77 bits per heavy atom. The van der Waals surface area contributed by atoms with Gasteiger partial charge in [-0.1, -0.05) is 0 Å². The number of nitrogens with zero attached hydrogens (tertiary/aromatic N) is 4. The van der Waals surface area contributed by atoms with Crippen LogP contribution in [0.2, 0.25) is 0 Å². The van der Waals surface area contributed by atoms with Gasteiger partial charge in [-0.3, -0.25) is 9.36 Å². The van der Waals surface area contributed by atoms with Gasteiger partial charge in [0.05, 0.1) is 11.1 Å². The molecule has 0 aliphatic carbocycles. The fourth-order valence-corrected chi connectivity index (χ4v) is 3.47. The van der Waals surface area contributed by atoms with E-state index in [9.17, 15) is 27.9 Å². The monoisotopic (exact) mass is 418 g/mol. The van der Waals surface area contributed by atoms with Crippen LogP contribution >= 0.6 is 0 Å². The van der Waals surface area contributed by atoms with E-state index in [1.54, 1.807) is 4.90 Å². The van der Waals surface area contributed by atoms with E-state index in [0.717, 1.165) is 29.0 Å². The summed E-state index contributed by atoms with van der Waals surface area (Å²) in [6.45, 7) is 2.34. The number of hydrogen-bond acceptors (Lipinski definition) is 5. The summed E-state index contributed by atoms with van der Waals surface area (Å²) in [7, 11) is 1.93. The Bertz CT molecular complexity index is 1220. The van der Waals surface area contributed by atoms with Gasteiger partial charge in [-0.2, -0.15) is 0 Å². The average Bonchev–Trinajstić information content (AvgIpc) is 2.69. The molecule has 1 aliphatic rings. The van der Waals surface area contributed by atoms with Gasteiger partial charge >= 0.3 is 5.97 Å². The van der Waals surface area contributed by atoms with Gasteiger partial charge in [-0.15, -0.1) is 0 Å². The zero-order valence-corrected chi connectivity index (χ0v) is 15.9. The molecule has 1 aromatic carbocycles. The van der Waals surface area contributed by atoms with Crippen molar-refractivity contribution >= 4 is 22.8 Å². The van der Waals surface area contributed by atoms with E-state index in [2.05, 4.69) is 9.88 Å². The average molecular weight is 418 g/mol. The number of aromatic nitrogens is 2. The number of rotatable bonds is 3. The minimum atomic E-state index is -1.55. The summed E-state index contributed by atoms with van der Waals surface area (Å²) in [5.41, 5.74) is -1.95. The fourth-order valence-electron chi connectivity index (χ4n) is 3.47. The number of likely N-dealkylation sites (N-methyl/N-ethyl adjacent to an activating group) is 1. The second kappa shape index (κ2) is 7.45.